The molecule has 3 aromatic rings. The van der Waals surface area contributed by atoms with Crippen LogP contribution in [0.25, 0.3) is 10.8 Å². The van der Waals surface area contributed by atoms with Crippen molar-refractivity contribution in [2.24, 2.45) is 0 Å². The van der Waals surface area contributed by atoms with E-state index in [-0.39, 0.29) is 15.8 Å². The van der Waals surface area contributed by atoms with Gasteiger partial charge in [-0.2, -0.15) is 0 Å². The smallest absolute Gasteiger partial charge is 0.262 e. The third-order valence-electron chi connectivity index (χ3n) is 3.95. The fourth-order valence-corrected chi connectivity index (χ4v) is 4.42. The van der Waals surface area contributed by atoms with Crippen molar-refractivity contribution in [2.45, 2.75) is 4.90 Å². The number of nitrogens with one attached hydrogen (secondary N) is 2. The Kier molecular flexibility index (Phi) is 3.64. The number of halogens is 2. The predicted molar refractivity (Wildman–Crippen MR) is 99.2 cm³/mol. The molecule has 1 aliphatic rings. The van der Waals surface area contributed by atoms with E-state index < -0.39 is 10.0 Å². The fourth-order valence-electron chi connectivity index (χ4n) is 2.87. The lowest BCUT2D eigenvalue weighted by Crippen LogP contribution is -2.13. The van der Waals surface area contributed by atoms with Crippen LogP contribution in [0.15, 0.2) is 53.4 Å². The molecular weight excluding hydrogens is 383 g/mol. The summed E-state index contributed by atoms with van der Waals surface area (Å²) in [6.45, 7) is 0. The van der Waals surface area contributed by atoms with Crippen LogP contribution < -0.4 is 10.0 Å². The molecule has 3 aromatic carbocycles. The normalized spacial score (nSPS) is 13.1. The highest BCUT2D eigenvalue weighted by Gasteiger charge is 2.26. The van der Waals surface area contributed by atoms with Crippen LogP contribution in [-0.2, 0) is 10.0 Å². The summed E-state index contributed by atoms with van der Waals surface area (Å²) in [6, 6.07) is 12.5. The summed E-state index contributed by atoms with van der Waals surface area (Å²) in [5, 5.41) is 4.38. The van der Waals surface area contributed by atoms with Crippen LogP contribution in [0.5, 0.6) is 0 Å². The van der Waals surface area contributed by atoms with E-state index in [4.69, 9.17) is 23.2 Å². The number of amides is 1. The molecule has 0 fully saturated rings. The standard InChI is InChI=1S/C17H10Cl2N2O3S/c18-12-5-4-9(8-13(12)19)21-25(23,24)15-7-6-14-16-10(15)2-1-3-11(16)17(22)20-14/h1-8,21H,(H,20,22). The van der Waals surface area contributed by atoms with E-state index in [9.17, 15) is 13.2 Å². The van der Waals surface area contributed by atoms with E-state index in [1.807, 2.05) is 0 Å². The maximum Gasteiger partial charge on any atom is 0.262 e. The molecule has 0 aromatic heterocycles. The van der Waals surface area contributed by atoms with Crippen molar-refractivity contribution in [3.8, 4) is 0 Å². The summed E-state index contributed by atoms with van der Waals surface area (Å²) >= 11 is 11.8. The highest BCUT2D eigenvalue weighted by atomic mass is 35.5. The first-order chi connectivity index (χ1) is 11.9. The predicted octanol–water partition coefficient (Wildman–Crippen LogP) is 4.51. The molecule has 0 spiro atoms. The van der Waals surface area contributed by atoms with Gasteiger partial charge in [0.2, 0.25) is 0 Å². The largest absolute Gasteiger partial charge is 0.321 e. The van der Waals surface area contributed by atoms with Gasteiger partial charge < -0.3 is 5.32 Å². The lowest BCUT2D eigenvalue weighted by atomic mass is 10.1. The minimum atomic E-state index is -3.88. The van der Waals surface area contributed by atoms with Gasteiger partial charge in [0.25, 0.3) is 15.9 Å². The van der Waals surface area contributed by atoms with E-state index >= 15 is 0 Å². The second kappa shape index (κ2) is 5.62. The first kappa shape index (κ1) is 16.2. The summed E-state index contributed by atoms with van der Waals surface area (Å²) in [4.78, 5) is 12.0. The summed E-state index contributed by atoms with van der Waals surface area (Å²) in [7, 11) is -3.88. The van der Waals surface area contributed by atoms with Gasteiger partial charge in [0.05, 0.1) is 20.6 Å². The molecule has 0 bridgehead atoms. The molecule has 0 saturated heterocycles. The van der Waals surface area contributed by atoms with E-state index in [1.54, 1.807) is 24.3 Å². The molecule has 5 nitrogen and oxygen atoms in total. The van der Waals surface area contributed by atoms with Crippen molar-refractivity contribution in [2.75, 3.05) is 10.0 Å². The number of benzene rings is 3. The maximum atomic E-state index is 12.8. The molecule has 1 aliphatic heterocycles. The number of hydrogen-bond acceptors (Lipinski definition) is 3. The lowest BCUT2D eigenvalue weighted by Gasteiger charge is -2.12. The van der Waals surface area contributed by atoms with Gasteiger partial charge in [0.15, 0.2) is 0 Å². The SMILES string of the molecule is O=C1Nc2ccc(S(=O)(=O)Nc3ccc(Cl)c(Cl)c3)c3cccc1c23. The van der Waals surface area contributed by atoms with E-state index in [1.165, 1.54) is 24.3 Å². The molecule has 25 heavy (non-hydrogen) atoms. The summed E-state index contributed by atoms with van der Waals surface area (Å²) in [6.07, 6.45) is 0. The Balaban J connectivity index is 1.85. The van der Waals surface area contributed by atoms with Crippen LogP contribution in [0.1, 0.15) is 10.4 Å². The van der Waals surface area contributed by atoms with Gasteiger partial charge in [-0.15, -0.1) is 0 Å². The molecule has 0 unspecified atom stereocenters. The van der Waals surface area contributed by atoms with E-state index in [2.05, 4.69) is 10.0 Å². The van der Waals surface area contributed by atoms with Gasteiger partial charge in [0.1, 0.15) is 0 Å². The summed E-state index contributed by atoms with van der Waals surface area (Å²) in [5.74, 6) is -0.243. The Morgan fingerprint density at radius 1 is 0.960 bits per heavy atom. The van der Waals surface area contributed by atoms with Crippen LogP contribution in [0.2, 0.25) is 10.0 Å². The minimum Gasteiger partial charge on any atom is -0.321 e. The zero-order valence-corrected chi connectivity index (χ0v) is 14.8. The number of carbonyl (C=O) groups excluding carboxylic acids is 1. The molecule has 0 saturated carbocycles. The highest BCUT2D eigenvalue weighted by molar-refractivity contribution is 7.93. The topological polar surface area (TPSA) is 75.3 Å². The third-order valence-corrected chi connectivity index (χ3v) is 6.13. The van der Waals surface area contributed by atoms with Gasteiger partial charge in [-0.25, -0.2) is 8.42 Å². The van der Waals surface area contributed by atoms with Crippen LogP contribution in [0.4, 0.5) is 11.4 Å². The van der Waals surface area contributed by atoms with Crippen LogP contribution in [0.3, 0.4) is 0 Å². The van der Waals surface area contributed by atoms with Crippen molar-refractivity contribution < 1.29 is 13.2 Å². The second-order valence-electron chi connectivity index (χ2n) is 5.53. The van der Waals surface area contributed by atoms with Crippen molar-refractivity contribution in [1.29, 1.82) is 0 Å². The Labute approximate surface area is 153 Å². The molecule has 0 atom stereocenters. The lowest BCUT2D eigenvalue weighted by molar-refractivity contribution is 0.103. The van der Waals surface area contributed by atoms with E-state index in [0.29, 0.717) is 32.7 Å². The van der Waals surface area contributed by atoms with Gasteiger partial charge in [-0.3, -0.25) is 9.52 Å². The minimum absolute atomic E-state index is 0.0793. The number of rotatable bonds is 3. The van der Waals surface area contributed by atoms with Gasteiger partial charge in [-0.05, 0) is 36.4 Å². The monoisotopic (exact) mass is 392 g/mol. The summed E-state index contributed by atoms with van der Waals surface area (Å²) in [5.41, 5.74) is 1.36. The fraction of sp³-hybridized carbons (Fsp3) is 0. The molecule has 2 N–H and O–H groups in total. The zero-order valence-electron chi connectivity index (χ0n) is 12.5. The first-order valence-corrected chi connectivity index (χ1v) is 9.46. The van der Waals surface area contributed by atoms with Gasteiger partial charge >= 0.3 is 0 Å². The molecule has 0 aliphatic carbocycles. The Morgan fingerprint density at radius 2 is 1.76 bits per heavy atom. The molecular formula is C17H10Cl2N2O3S. The quantitative estimate of drug-likeness (QED) is 0.688. The number of anilines is 2. The van der Waals surface area contributed by atoms with Crippen LogP contribution >= 0.6 is 23.2 Å². The van der Waals surface area contributed by atoms with Crippen molar-refractivity contribution in [3.05, 3.63) is 64.1 Å². The average molecular weight is 393 g/mol. The van der Waals surface area contributed by atoms with Gasteiger partial charge in [0, 0.05) is 22.0 Å². The number of hydrogen-bond donors (Lipinski definition) is 2. The van der Waals surface area contributed by atoms with Crippen LogP contribution in [-0.4, -0.2) is 14.3 Å². The number of carbonyl (C=O) groups is 1. The van der Waals surface area contributed by atoms with Crippen molar-refractivity contribution >= 4 is 61.3 Å². The molecule has 1 heterocycles. The second-order valence-corrected chi connectivity index (χ2v) is 7.99. The average Bonchev–Trinajstić information content (AvgIpc) is 2.89. The Bertz CT molecular complexity index is 1160. The Morgan fingerprint density at radius 3 is 2.52 bits per heavy atom. The van der Waals surface area contributed by atoms with Crippen molar-refractivity contribution in [1.82, 2.24) is 0 Å². The first-order valence-electron chi connectivity index (χ1n) is 7.22. The third kappa shape index (κ3) is 2.63. The molecule has 0 radical (unpaired) electrons. The summed E-state index contributed by atoms with van der Waals surface area (Å²) < 4.78 is 28.2. The molecule has 8 heteroatoms. The maximum absolute atomic E-state index is 12.8. The molecule has 4 rings (SSSR count). The highest BCUT2D eigenvalue weighted by Crippen LogP contribution is 2.37. The number of sulfonamides is 1. The van der Waals surface area contributed by atoms with Gasteiger partial charge in [-0.1, -0.05) is 35.3 Å². The molecule has 126 valence electrons. The van der Waals surface area contributed by atoms with E-state index in [0.717, 1.165) is 0 Å². The van der Waals surface area contributed by atoms with Crippen LogP contribution in [0, 0.1) is 0 Å². The van der Waals surface area contributed by atoms with Crippen molar-refractivity contribution in [3.63, 3.8) is 0 Å². The molecule has 1 amide bonds. The zero-order chi connectivity index (χ0) is 17.8. The Hall–Kier alpha value is -2.28.